The topological polar surface area (TPSA) is 24.5 Å². The van der Waals surface area contributed by atoms with Gasteiger partial charge in [-0.2, -0.15) is 0 Å². The second-order valence-corrected chi connectivity index (χ2v) is 5.00. The van der Waals surface area contributed by atoms with Crippen LogP contribution in [0.3, 0.4) is 0 Å². The highest BCUT2D eigenvalue weighted by molar-refractivity contribution is 4.89. The highest BCUT2D eigenvalue weighted by Crippen LogP contribution is 2.27. The third-order valence-electron chi connectivity index (χ3n) is 3.91. The van der Waals surface area contributed by atoms with Crippen LogP contribution < -0.4 is 5.32 Å². The lowest BCUT2D eigenvalue weighted by Gasteiger charge is -2.41. The second-order valence-electron chi connectivity index (χ2n) is 5.00. The molecule has 3 unspecified atom stereocenters. The summed E-state index contributed by atoms with van der Waals surface area (Å²) in [6.07, 6.45) is 4.00. The molecule has 0 spiro atoms. The average molecular weight is 228 g/mol. The summed E-state index contributed by atoms with van der Waals surface area (Å²) in [5, 5.41) is 3.48. The summed E-state index contributed by atoms with van der Waals surface area (Å²) in [6, 6.07) is 1.35. The standard InChI is InChI=1S/C13H28N2O/c1-5-15(8-9-16-4)13-10-11(2)6-7-12(13)14-3/h11-14H,5-10H2,1-4H3. The Balaban J connectivity index is 2.55. The van der Waals surface area contributed by atoms with Gasteiger partial charge in [-0.05, 0) is 38.8 Å². The van der Waals surface area contributed by atoms with Crippen molar-refractivity contribution in [2.24, 2.45) is 5.92 Å². The molecular formula is C13H28N2O. The van der Waals surface area contributed by atoms with Gasteiger partial charge >= 0.3 is 0 Å². The van der Waals surface area contributed by atoms with Crippen molar-refractivity contribution in [1.82, 2.24) is 10.2 Å². The smallest absolute Gasteiger partial charge is 0.0589 e. The molecule has 16 heavy (non-hydrogen) atoms. The Morgan fingerprint density at radius 3 is 2.69 bits per heavy atom. The van der Waals surface area contributed by atoms with Gasteiger partial charge in [0.25, 0.3) is 0 Å². The van der Waals surface area contributed by atoms with E-state index >= 15 is 0 Å². The Morgan fingerprint density at radius 1 is 1.38 bits per heavy atom. The van der Waals surface area contributed by atoms with Crippen molar-refractivity contribution >= 4 is 0 Å². The van der Waals surface area contributed by atoms with Crippen LogP contribution >= 0.6 is 0 Å². The van der Waals surface area contributed by atoms with E-state index in [4.69, 9.17) is 4.74 Å². The maximum atomic E-state index is 5.20. The number of nitrogens with zero attached hydrogens (tertiary/aromatic N) is 1. The van der Waals surface area contributed by atoms with Crippen LogP contribution in [0, 0.1) is 5.92 Å². The van der Waals surface area contributed by atoms with Crippen LogP contribution in [-0.4, -0.2) is 50.8 Å². The van der Waals surface area contributed by atoms with Crippen molar-refractivity contribution in [3.8, 4) is 0 Å². The fourth-order valence-electron chi connectivity index (χ4n) is 2.86. The maximum absolute atomic E-state index is 5.20. The van der Waals surface area contributed by atoms with Gasteiger partial charge in [0.15, 0.2) is 0 Å². The van der Waals surface area contributed by atoms with E-state index in [0.717, 1.165) is 25.6 Å². The van der Waals surface area contributed by atoms with Gasteiger partial charge in [-0.25, -0.2) is 0 Å². The number of hydrogen-bond donors (Lipinski definition) is 1. The maximum Gasteiger partial charge on any atom is 0.0589 e. The number of rotatable bonds is 6. The number of ether oxygens (including phenoxy) is 1. The minimum atomic E-state index is 0.660. The summed E-state index contributed by atoms with van der Waals surface area (Å²) in [5.74, 6) is 0.867. The third-order valence-corrected chi connectivity index (χ3v) is 3.91. The van der Waals surface area contributed by atoms with Crippen molar-refractivity contribution in [3.05, 3.63) is 0 Å². The number of hydrogen-bond acceptors (Lipinski definition) is 3. The van der Waals surface area contributed by atoms with Gasteiger partial charge in [0.2, 0.25) is 0 Å². The van der Waals surface area contributed by atoms with Crippen molar-refractivity contribution in [3.63, 3.8) is 0 Å². The van der Waals surface area contributed by atoms with Gasteiger partial charge in [0.1, 0.15) is 0 Å². The van der Waals surface area contributed by atoms with E-state index in [1.54, 1.807) is 7.11 Å². The van der Waals surface area contributed by atoms with Gasteiger partial charge in [0.05, 0.1) is 6.61 Å². The third kappa shape index (κ3) is 3.72. The van der Waals surface area contributed by atoms with Crippen LogP contribution in [0.25, 0.3) is 0 Å². The first-order valence-electron chi connectivity index (χ1n) is 6.63. The Morgan fingerprint density at radius 2 is 2.12 bits per heavy atom. The molecule has 1 aliphatic rings. The van der Waals surface area contributed by atoms with Crippen molar-refractivity contribution in [2.75, 3.05) is 33.9 Å². The van der Waals surface area contributed by atoms with Gasteiger partial charge in [-0.1, -0.05) is 13.8 Å². The molecule has 0 heterocycles. The molecule has 1 fully saturated rings. The molecule has 1 rings (SSSR count). The summed E-state index contributed by atoms with van der Waals surface area (Å²) in [6.45, 7) is 7.65. The van der Waals surface area contributed by atoms with Gasteiger partial charge in [-0.3, -0.25) is 4.90 Å². The first-order valence-corrected chi connectivity index (χ1v) is 6.63. The molecule has 3 heteroatoms. The molecule has 1 aliphatic carbocycles. The lowest BCUT2D eigenvalue weighted by molar-refractivity contribution is 0.0768. The molecule has 0 aliphatic heterocycles. The first kappa shape index (κ1) is 13.9. The molecular weight excluding hydrogens is 200 g/mol. The average Bonchev–Trinajstić information content (AvgIpc) is 2.30. The summed E-state index contributed by atoms with van der Waals surface area (Å²) >= 11 is 0. The Labute approximate surface area is 101 Å². The monoisotopic (exact) mass is 228 g/mol. The van der Waals surface area contributed by atoms with Crippen LogP contribution in [0.4, 0.5) is 0 Å². The quantitative estimate of drug-likeness (QED) is 0.749. The molecule has 0 radical (unpaired) electrons. The molecule has 1 saturated carbocycles. The van der Waals surface area contributed by atoms with Crippen LogP contribution in [0.15, 0.2) is 0 Å². The molecule has 3 atom stereocenters. The van der Waals surface area contributed by atoms with E-state index in [0.29, 0.717) is 12.1 Å². The van der Waals surface area contributed by atoms with E-state index in [9.17, 15) is 0 Å². The van der Waals surface area contributed by atoms with Gasteiger partial charge < -0.3 is 10.1 Å². The summed E-state index contributed by atoms with van der Waals surface area (Å²) in [7, 11) is 3.88. The lowest BCUT2D eigenvalue weighted by atomic mass is 9.82. The van der Waals surface area contributed by atoms with Crippen LogP contribution in [0.1, 0.15) is 33.1 Å². The fourth-order valence-corrected chi connectivity index (χ4v) is 2.86. The zero-order valence-electron chi connectivity index (χ0n) is 11.3. The second kappa shape index (κ2) is 7.25. The van der Waals surface area contributed by atoms with E-state index < -0.39 is 0 Å². The van der Waals surface area contributed by atoms with Crippen molar-refractivity contribution in [1.29, 1.82) is 0 Å². The lowest BCUT2D eigenvalue weighted by Crippen LogP contribution is -2.52. The molecule has 1 N–H and O–H groups in total. The minimum absolute atomic E-state index is 0.660. The molecule has 0 saturated heterocycles. The fraction of sp³-hybridized carbons (Fsp3) is 1.00. The summed E-state index contributed by atoms with van der Waals surface area (Å²) in [4.78, 5) is 2.57. The predicted octanol–water partition coefficient (Wildman–Crippen LogP) is 1.73. The van der Waals surface area contributed by atoms with E-state index in [1.807, 2.05) is 0 Å². The Hall–Kier alpha value is -0.120. The molecule has 96 valence electrons. The van der Waals surface area contributed by atoms with Gasteiger partial charge in [0, 0.05) is 25.7 Å². The highest BCUT2D eigenvalue weighted by Gasteiger charge is 2.31. The van der Waals surface area contributed by atoms with E-state index in [1.165, 1.54) is 19.3 Å². The normalized spacial score (nSPS) is 30.9. The summed E-state index contributed by atoms with van der Waals surface area (Å²) in [5.41, 5.74) is 0. The molecule has 3 nitrogen and oxygen atoms in total. The molecule has 0 aromatic heterocycles. The Bertz CT molecular complexity index is 187. The first-order chi connectivity index (χ1) is 7.72. The molecule has 0 aromatic carbocycles. The zero-order valence-corrected chi connectivity index (χ0v) is 11.3. The Kier molecular flexibility index (Phi) is 6.32. The van der Waals surface area contributed by atoms with Gasteiger partial charge in [-0.15, -0.1) is 0 Å². The van der Waals surface area contributed by atoms with E-state index in [2.05, 4.69) is 31.1 Å². The van der Waals surface area contributed by atoms with Crippen LogP contribution in [0.5, 0.6) is 0 Å². The van der Waals surface area contributed by atoms with Crippen molar-refractivity contribution < 1.29 is 4.74 Å². The zero-order chi connectivity index (χ0) is 12.0. The number of likely N-dealkylation sites (N-methyl/N-ethyl adjacent to an activating group) is 2. The molecule has 0 aromatic rings. The largest absolute Gasteiger partial charge is 0.383 e. The van der Waals surface area contributed by atoms with Crippen LogP contribution in [0.2, 0.25) is 0 Å². The SMILES string of the molecule is CCN(CCOC)C1CC(C)CCC1NC. The minimum Gasteiger partial charge on any atom is -0.383 e. The number of nitrogens with one attached hydrogen (secondary N) is 1. The van der Waals surface area contributed by atoms with Crippen molar-refractivity contribution in [2.45, 2.75) is 45.2 Å². The molecule has 0 amide bonds. The summed E-state index contributed by atoms with van der Waals surface area (Å²) < 4.78 is 5.20. The number of methoxy groups -OCH3 is 1. The molecule has 0 bridgehead atoms. The van der Waals surface area contributed by atoms with E-state index in [-0.39, 0.29) is 0 Å². The predicted molar refractivity (Wildman–Crippen MR) is 68.8 cm³/mol. The highest BCUT2D eigenvalue weighted by atomic mass is 16.5. The van der Waals surface area contributed by atoms with Crippen LogP contribution in [-0.2, 0) is 4.74 Å².